The van der Waals surface area contributed by atoms with Crippen molar-refractivity contribution in [2.24, 2.45) is 7.05 Å². The number of amides is 2. The van der Waals surface area contributed by atoms with Gasteiger partial charge in [0.15, 0.2) is 0 Å². The normalized spacial score (nSPS) is 16.9. The van der Waals surface area contributed by atoms with Crippen molar-refractivity contribution >= 4 is 35.4 Å². The first-order valence-corrected chi connectivity index (χ1v) is 12.3. The van der Waals surface area contributed by atoms with E-state index in [9.17, 15) is 19.5 Å². The van der Waals surface area contributed by atoms with Crippen LogP contribution < -0.4 is 5.32 Å². The van der Waals surface area contributed by atoms with Crippen molar-refractivity contribution in [1.29, 1.82) is 0 Å². The Morgan fingerprint density at radius 2 is 1.77 bits per heavy atom. The van der Waals surface area contributed by atoms with E-state index in [4.69, 9.17) is 4.74 Å². The zero-order valence-corrected chi connectivity index (χ0v) is 19.8. The molecule has 1 aliphatic carbocycles. The van der Waals surface area contributed by atoms with E-state index in [1.54, 1.807) is 7.05 Å². The number of carbonyl (C=O) groups is 3. The van der Waals surface area contributed by atoms with Crippen LogP contribution in [-0.4, -0.2) is 68.5 Å². The van der Waals surface area contributed by atoms with Gasteiger partial charge < -0.3 is 14.7 Å². The fraction of sp³-hybridized carbons (Fsp3) is 0.280. The summed E-state index contributed by atoms with van der Waals surface area (Å²) in [5, 5.41) is 15.4. The smallest absolute Gasteiger partial charge is 0.411 e. The molecule has 10 heteroatoms. The summed E-state index contributed by atoms with van der Waals surface area (Å²) in [6.07, 6.45) is 0.703. The van der Waals surface area contributed by atoms with Crippen molar-refractivity contribution in [3.63, 3.8) is 0 Å². The van der Waals surface area contributed by atoms with Gasteiger partial charge in [-0.15, -0.1) is 11.8 Å². The molecule has 2 N–H and O–H groups in total. The van der Waals surface area contributed by atoms with E-state index in [1.807, 2.05) is 36.4 Å². The molecule has 1 atom stereocenters. The predicted molar refractivity (Wildman–Crippen MR) is 132 cm³/mol. The van der Waals surface area contributed by atoms with Gasteiger partial charge in [0.1, 0.15) is 17.6 Å². The molecule has 0 radical (unpaired) electrons. The van der Waals surface area contributed by atoms with Crippen molar-refractivity contribution in [2.45, 2.75) is 11.2 Å². The van der Waals surface area contributed by atoms with Crippen LogP contribution in [0.3, 0.4) is 0 Å². The van der Waals surface area contributed by atoms with Crippen molar-refractivity contribution in [3.05, 3.63) is 71.5 Å². The number of aliphatic carboxylic acids is 1. The van der Waals surface area contributed by atoms with Crippen LogP contribution in [0.2, 0.25) is 0 Å². The number of rotatable bonds is 5. The Morgan fingerprint density at radius 1 is 1.11 bits per heavy atom. The topological polar surface area (TPSA) is 114 Å². The van der Waals surface area contributed by atoms with E-state index < -0.39 is 17.3 Å². The third-order valence-electron chi connectivity index (χ3n) is 6.35. The third-order valence-corrected chi connectivity index (χ3v) is 7.52. The number of benzene rings is 2. The number of carboxylic acid groups (broad SMARTS) is 1. The molecule has 5 rings (SSSR count). The minimum absolute atomic E-state index is 0.0815. The van der Waals surface area contributed by atoms with Crippen LogP contribution in [-0.2, 0) is 16.6 Å². The number of nitrogens with one attached hydrogen (secondary N) is 1. The summed E-state index contributed by atoms with van der Waals surface area (Å²) < 4.78 is 6.96. The van der Waals surface area contributed by atoms with Gasteiger partial charge in [-0.25, -0.2) is 4.79 Å². The molecule has 1 fully saturated rings. The maximum absolute atomic E-state index is 13.2. The number of aromatic nitrogens is 2. The van der Waals surface area contributed by atoms with Crippen LogP contribution >= 0.6 is 11.8 Å². The zero-order valence-electron chi connectivity index (χ0n) is 19.0. The lowest BCUT2D eigenvalue weighted by atomic mass is 9.98. The van der Waals surface area contributed by atoms with Crippen molar-refractivity contribution in [1.82, 2.24) is 14.7 Å². The Balaban J connectivity index is 1.28. The highest BCUT2D eigenvalue weighted by Gasteiger charge is 2.33. The summed E-state index contributed by atoms with van der Waals surface area (Å²) in [6, 6.07) is 16.1. The lowest BCUT2D eigenvalue weighted by molar-refractivity contribution is -0.136. The summed E-state index contributed by atoms with van der Waals surface area (Å²) in [4.78, 5) is 38.7. The maximum atomic E-state index is 13.2. The second-order valence-corrected chi connectivity index (χ2v) is 9.74. The van der Waals surface area contributed by atoms with E-state index in [0.717, 1.165) is 22.3 Å². The lowest BCUT2D eigenvalue weighted by Gasteiger charge is -2.30. The predicted octanol–water partition coefficient (Wildman–Crippen LogP) is 3.42. The number of fused-ring (bicyclic) bond motifs is 3. The van der Waals surface area contributed by atoms with Gasteiger partial charge in [-0.05, 0) is 22.3 Å². The van der Waals surface area contributed by atoms with Gasteiger partial charge >= 0.3 is 12.1 Å². The summed E-state index contributed by atoms with van der Waals surface area (Å²) in [7, 11) is 1.60. The van der Waals surface area contributed by atoms with E-state index >= 15 is 0 Å². The average Bonchev–Trinajstić information content (AvgIpc) is 3.39. The first-order valence-electron chi connectivity index (χ1n) is 11.2. The Labute approximate surface area is 206 Å². The van der Waals surface area contributed by atoms with Crippen LogP contribution in [0.5, 0.6) is 0 Å². The molecule has 1 aromatic heterocycles. The van der Waals surface area contributed by atoms with Gasteiger partial charge in [-0.1, -0.05) is 48.5 Å². The fourth-order valence-corrected chi connectivity index (χ4v) is 5.70. The standard InChI is InChI=1S/C25H24N4O5S/c1-28-22(23(30)29-10-11-35-21(13-29)24(31)32)20(12-26-28)27-25(33)34-14-19-17-8-4-2-6-15(17)16-7-3-5-9-18(16)19/h2-9,12,19,21H,10-11,13-14H2,1H3,(H,27,33)(H,31,32). The summed E-state index contributed by atoms with van der Waals surface area (Å²) >= 11 is 1.31. The molecule has 9 nitrogen and oxygen atoms in total. The highest BCUT2D eigenvalue weighted by Crippen LogP contribution is 2.44. The van der Waals surface area contributed by atoms with Crippen LogP contribution in [0.15, 0.2) is 54.7 Å². The number of aryl methyl sites for hydroxylation is 1. The number of carbonyl (C=O) groups excluding carboxylic acids is 2. The van der Waals surface area contributed by atoms with Gasteiger partial charge in [0.25, 0.3) is 5.91 Å². The SMILES string of the molecule is Cn1ncc(NC(=O)OCC2c3ccccc3-c3ccccc32)c1C(=O)N1CCSC(C(=O)O)C1. The molecular formula is C25H24N4O5S. The van der Waals surface area contributed by atoms with Crippen LogP contribution in [0.25, 0.3) is 11.1 Å². The molecule has 3 aromatic rings. The number of hydrogen-bond donors (Lipinski definition) is 2. The number of anilines is 1. The van der Waals surface area contributed by atoms with Gasteiger partial charge in [0.05, 0.1) is 11.9 Å². The number of thioether (sulfide) groups is 1. The van der Waals surface area contributed by atoms with Gasteiger partial charge in [0.2, 0.25) is 0 Å². The molecule has 35 heavy (non-hydrogen) atoms. The lowest BCUT2D eigenvalue weighted by Crippen LogP contribution is -2.45. The summed E-state index contributed by atoms with van der Waals surface area (Å²) in [5.74, 6) is -0.891. The van der Waals surface area contributed by atoms with E-state index in [-0.39, 0.29) is 36.4 Å². The fourth-order valence-electron chi connectivity index (χ4n) is 4.66. The van der Waals surface area contributed by atoms with Crippen molar-refractivity contribution in [3.8, 4) is 11.1 Å². The number of ether oxygens (including phenoxy) is 1. The molecule has 2 heterocycles. The molecule has 2 amide bonds. The minimum Gasteiger partial charge on any atom is -0.480 e. The van der Waals surface area contributed by atoms with Gasteiger partial charge in [-0.3, -0.25) is 19.6 Å². The van der Waals surface area contributed by atoms with E-state index in [2.05, 4.69) is 22.5 Å². The quantitative estimate of drug-likeness (QED) is 0.561. The molecule has 1 aliphatic heterocycles. The maximum Gasteiger partial charge on any atom is 0.411 e. The second kappa shape index (κ2) is 9.46. The van der Waals surface area contributed by atoms with Gasteiger partial charge in [-0.2, -0.15) is 5.10 Å². The molecule has 1 unspecified atom stereocenters. The van der Waals surface area contributed by atoms with E-state index in [0.29, 0.717) is 12.3 Å². The third kappa shape index (κ3) is 4.37. The molecule has 0 spiro atoms. The first kappa shape index (κ1) is 23.0. The number of carboxylic acids is 1. The monoisotopic (exact) mass is 492 g/mol. The highest BCUT2D eigenvalue weighted by atomic mass is 32.2. The van der Waals surface area contributed by atoms with E-state index in [1.165, 1.54) is 27.5 Å². The Kier molecular flexibility index (Phi) is 6.21. The molecular weight excluding hydrogens is 468 g/mol. The Hall–Kier alpha value is -3.79. The molecule has 180 valence electrons. The van der Waals surface area contributed by atoms with Gasteiger partial charge in [0, 0.05) is 31.8 Å². The molecule has 2 aliphatic rings. The van der Waals surface area contributed by atoms with Crippen LogP contribution in [0.4, 0.5) is 10.5 Å². The number of hydrogen-bond acceptors (Lipinski definition) is 6. The summed E-state index contributed by atoms with van der Waals surface area (Å²) in [6.45, 7) is 0.657. The zero-order chi connectivity index (χ0) is 24.5. The second-order valence-electron chi connectivity index (χ2n) is 8.43. The molecule has 0 saturated carbocycles. The van der Waals surface area contributed by atoms with Crippen molar-refractivity contribution < 1.29 is 24.2 Å². The highest BCUT2D eigenvalue weighted by molar-refractivity contribution is 8.00. The molecule has 0 bridgehead atoms. The Morgan fingerprint density at radius 3 is 2.43 bits per heavy atom. The molecule has 2 aromatic carbocycles. The van der Waals surface area contributed by atoms with Crippen molar-refractivity contribution in [2.75, 3.05) is 30.8 Å². The summed E-state index contributed by atoms with van der Waals surface area (Å²) in [5.41, 5.74) is 4.88. The van der Waals surface area contributed by atoms with Crippen LogP contribution in [0.1, 0.15) is 27.5 Å². The average molecular weight is 493 g/mol. The number of nitrogens with zero attached hydrogens (tertiary/aromatic N) is 3. The molecule has 1 saturated heterocycles. The first-order chi connectivity index (χ1) is 16.9. The van der Waals surface area contributed by atoms with Crippen LogP contribution in [0, 0.1) is 0 Å². The Bertz CT molecular complexity index is 1260. The largest absolute Gasteiger partial charge is 0.480 e. The minimum atomic E-state index is -0.950.